The molecule has 6 heteroatoms. The van der Waals surface area contributed by atoms with Crippen LogP contribution in [0, 0.1) is 5.92 Å². The molecule has 1 aliphatic rings. The molecule has 0 spiro atoms. The molecule has 1 aliphatic carbocycles. The first kappa shape index (κ1) is 24.4. The lowest BCUT2D eigenvalue weighted by Crippen LogP contribution is -2.43. The summed E-state index contributed by atoms with van der Waals surface area (Å²) in [5.74, 6) is -0.536. The van der Waals surface area contributed by atoms with Crippen LogP contribution in [0.5, 0.6) is 0 Å². The minimum absolute atomic E-state index is 0.0560. The first-order chi connectivity index (χ1) is 17.0. The minimum Gasteiger partial charge on any atom is -0.372 e. The Kier molecular flexibility index (Phi) is 7.73. The van der Waals surface area contributed by atoms with Crippen LogP contribution in [-0.4, -0.2) is 22.6 Å². The number of anilines is 1. The molecule has 0 unspecified atom stereocenters. The average Bonchev–Trinajstić information content (AvgIpc) is 2.92. The number of hydrogen-bond donors (Lipinski definition) is 3. The fourth-order valence-electron chi connectivity index (χ4n) is 4.50. The number of carbonyl (C=O) groups is 2. The Morgan fingerprint density at radius 3 is 2.06 bits per heavy atom. The van der Waals surface area contributed by atoms with Crippen molar-refractivity contribution >= 4 is 23.2 Å². The summed E-state index contributed by atoms with van der Waals surface area (Å²) in [4.78, 5) is 25.9. The molecule has 6 nitrogen and oxygen atoms in total. The molecule has 4 rings (SSSR count). The quantitative estimate of drug-likeness (QED) is 0.337. The Labute approximate surface area is 206 Å². The summed E-state index contributed by atoms with van der Waals surface area (Å²) >= 11 is 0. The van der Waals surface area contributed by atoms with E-state index in [4.69, 9.17) is 0 Å². The Morgan fingerprint density at radius 1 is 0.857 bits per heavy atom. The monoisotopic (exact) mass is 469 g/mol. The maximum atomic E-state index is 13.3. The molecule has 2 amide bonds. The van der Waals surface area contributed by atoms with Gasteiger partial charge in [-0.05, 0) is 48.6 Å². The molecule has 0 bridgehead atoms. The van der Waals surface area contributed by atoms with Gasteiger partial charge in [0.25, 0.3) is 5.91 Å². The van der Waals surface area contributed by atoms with Crippen molar-refractivity contribution in [1.29, 1.82) is 0 Å². The van der Waals surface area contributed by atoms with Crippen LogP contribution in [0.15, 0.2) is 90.0 Å². The second kappa shape index (κ2) is 11.1. The third-order valence-electron chi connectivity index (χ3n) is 6.56. The zero-order valence-corrected chi connectivity index (χ0v) is 19.9. The summed E-state index contributed by atoms with van der Waals surface area (Å²) < 4.78 is 0. The topological polar surface area (TPSA) is 90.8 Å². The average molecular weight is 470 g/mol. The van der Waals surface area contributed by atoms with Gasteiger partial charge in [-0.1, -0.05) is 92.1 Å². The zero-order valence-electron chi connectivity index (χ0n) is 19.9. The summed E-state index contributed by atoms with van der Waals surface area (Å²) in [6.45, 7) is 1.77. The fourth-order valence-corrected chi connectivity index (χ4v) is 4.50. The van der Waals surface area contributed by atoms with E-state index in [1.165, 1.54) is 6.42 Å². The van der Waals surface area contributed by atoms with Crippen LogP contribution in [0.25, 0.3) is 0 Å². The van der Waals surface area contributed by atoms with E-state index >= 15 is 0 Å². The van der Waals surface area contributed by atoms with Gasteiger partial charge < -0.3 is 10.4 Å². The van der Waals surface area contributed by atoms with E-state index in [1.807, 2.05) is 36.4 Å². The molecule has 180 valence electrons. The van der Waals surface area contributed by atoms with Crippen LogP contribution in [0.3, 0.4) is 0 Å². The fraction of sp³-hybridized carbons (Fsp3) is 0.276. The predicted molar refractivity (Wildman–Crippen MR) is 138 cm³/mol. The first-order valence-corrected chi connectivity index (χ1v) is 12.1. The molecule has 0 saturated heterocycles. The summed E-state index contributed by atoms with van der Waals surface area (Å²) in [5.41, 5.74) is 3.55. The van der Waals surface area contributed by atoms with Crippen molar-refractivity contribution < 1.29 is 14.7 Å². The molecular formula is C29H31N3O3. The minimum atomic E-state index is -1.90. The number of carbonyl (C=O) groups excluding carboxylic acids is 2. The Balaban J connectivity index is 1.51. The van der Waals surface area contributed by atoms with Crippen molar-refractivity contribution in [2.24, 2.45) is 11.0 Å². The maximum absolute atomic E-state index is 13.3. The molecular weight excluding hydrogens is 438 g/mol. The number of nitrogens with one attached hydrogen (secondary N) is 2. The van der Waals surface area contributed by atoms with Crippen LogP contribution < -0.4 is 10.7 Å². The van der Waals surface area contributed by atoms with E-state index in [1.54, 1.807) is 55.5 Å². The van der Waals surface area contributed by atoms with Gasteiger partial charge in [-0.25, -0.2) is 5.43 Å². The van der Waals surface area contributed by atoms with Gasteiger partial charge in [0, 0.05) is 11.6 Å². The molecule has 35 heavy (non-hydrogen) atoms. The van der Waals surface area contributed by atoms with Crippen molar-refractivity contribution in [2.45, 2.75) is 44.6 Å². The van der Waals surface area contributed by atoms with E-state index in [0.29, 0.717) is 22.5 Å². The lowest BCUT2D eigenvalue weighted by atomic mass is 9.85. The molecule has 0 atom stereocenters. The lowest BCUT2D eigenvalue weighted by molar-refractivity contribution is -0.136. The molecule has 0 heterocycles. The van der Waals surface area contributed by atoms with Gasteiger partial charge in [0.15, 0.2) is 5.60 Å². The number of nitrogens with zero attached hydrogens (tertiary/aromatic N) is 1. The van der Waals surface area contributed by atoms with E-state index in [0.717, 1.165) is 31.2 Å². The van der Waals surface area contributed by atoms with Gasteiger partial charge in [0.1, 0.15) is 0 Å². The third kappa shape index (κ3) is 5.66. The molecule has 1 fully saturated rings. The van der Waals surface area contributed by atoms with Gasteiger partial charge in [-0.3, -0.25) is 9.59 Å². The van der Waals surface area contributed by atoms with Crippen molar-refractivity contribution in [2.75, 3.05) is 5.32 Å². The van der Waals surface area contributed by atoms with Crippen LogP contribution in [0.4, 0.5) is 5.69 Å². The standard InChI is InChI=1S/C29H31N3O3/c1-21(23-14-11-19-26(20-23)30-27(33)22-12-5-2-6-13-22)31-32-28(34)29(35,24-15-7-3-8-16-24)25-17-9-4-10-18-25/h3-4,7-11,14-20,22,35H,2,5-6,12-13H2,1H3,(H,30,33)(H,32,34). The van der Waals surface area contributed by atoms with Crippen molar-refractivity contribution in [1.82, 2.24) is 5.43 Å². The van der Waals surface area contributed by atoms with Crippen LogP contribution in [0.1, 0.15) is 55.7 Å². The predicted octanol–water partition coefficient (Wildman–Crippen LogP) is 4.98. The van der Waals surface area contributed by atoms with E-state index in [-0.39, 0.29) is 11.8 Å². The van der Waals surface area contributed by atoms with E-state index in [2.05, 4.69) is 15.8 Å². The van der Waals surface area contributed by atoms with E-state index in [9.17, 15) is 14.7 Å². The van der Waals surface area contributed by atoms with Gasteiger partial charge in [-0.2, -0.15) is 5.10 Å². The highest BCUT2D eigenvalue weighted by Crippen LogP contribution is 2.30. The normalized spacial score (nSPS) is 14.9. The zero-order chi connectivity index (χ0) is 24.7. The van der Waals surface area contributed by atoms with Crippen molar-refractivity contribution in [3.63, 3.8) is 0 Å². The second-order valence-electron chi connectivity index (χ2n) is 8.99. The van der Waals surface area contributed by atoms with Crippen LogP contribution >= 0.6 is 0 Å². The highest BCUT2D eigenvalue weighted by molar-refractivity contribution is 6.01. The maximum Gasteiger partial charge on any atom is 0.281 e. The third-order valence-corrected chi connectivity index (χ3v) is 6.56. The number of hydrogen-bond acceptors (Lipinski definition) is 4. The Morgan fingerprint density at radius 2 is 1.46 bits per heavy atom. The molecule has 0 radical (unpaired) electrons. The molecule has 3 aromatic carbocycles. The Bertz CT molecular complexity index is 1150. The molecule has 3 N–H and O–H groups in total. The number of benzene rings is 3. The second-order valence-corrected chi connectivity index (χ2v) is 8.99. The summed E-state index contributed by atoms with van der Waals surface area (Å²) in [6.07, 6.45) is 5.27. The SMILES string of the molecule is CC(=NNC(=O)C(O)(c1ccccc1)c1ccccc1)c1cccc(NC(=O)C2CCCCC2)c1. The smallest absolute Gasteiger partial charge is 0.281 e. The highest BCUT2D eigenvalue weighted by Gasteiger charge is 2.40. The van der Waals surface area contributed by atoms with Gasteiger partial charge in [0.05, 0.1) is 5.71 Å². The number of amides is 2. The summed E-state index contributed by atoms with van der Waals surface area (Å²) in [5, 5.41) is 18.8. The largest absolute Gasteiger partial charge is 0.372 e. The molecule has 0 aromatic heterocycles. The van der Waals surface area contributed by atoms with Crippen molar-refractivity contribution in [3.8, 4) is 0 Å². The molecule has 0 aliphatic heterocycles. The van der Waals surface area contributed by atoms with Crippen LogP contribution in [-0.2, 0) is 15.2 Å². The van der Waals surface area contributed by atoms with Gasteiger partial charge in [0.2, 0.25) is 5.91 Å². The van der Waals surface area contributed by atoms with Crippen LogP contribution in [0.2, 0.25) is 0 Å². The summed E-state index contributed by atoms with van der Waals surface area (Å²) in [7, 11) is 0. The van der Waals surface area contributed by atoms with Crippen molar-refractivity contribution in [3.05, 3.63) is 102 Å². The highest BCUT2D eigenvalue weighted by atomic mass is 16.3. The Hall–Kier alpha value is -3.77. The van der Waals surface area contributed by atoms with Gasteiger partial charge >= 0.3 is 0 Å². The number of aliphatic hydroxyl groups is 1. The molecule has 1 saturated carbocycles. The molecule has 3 aromatic rings. The first-order valence-electron chi connectivity index (χ1n) is 12.1. The number of hydrazone groups is 1. The van der Waals surface area contributed by atoms with E-state index < -0.39 is 11.5 Å². The van der Waals surface area contributed by atoms with Gasteiger partial charge in [-0.15, -0.1) is 0 Å². The number of rotatable bonds is 7. The summed E-state index contributed by atoms with van der Waals surface area (Å²) in [6, 6.07) is 25.0. The lowest BCUT2D eigenvalue weighted by Gasteiger charge is -2.27.